The number of H-pyrrole nitrogens is 2. The van der Waals surface area contributed by atoms with Crippen molar-refractivity contribution < 1.29 is 33.9 Å². The normalized spacial score (nSPS) is 13.4. The van der Waals surface area contributed by atoms with Gasteiger partial charge in [-0.05, 0) is 74.6 Å². The number of fused-ring (bicyclic) bond motifs is 2. The Morgan fingerprint density at radius 2 is 0.767 bits per heavy atom. The topological polar surface area (TPSA) is 498 Å². The first-order valence-corrected chi connectivity index (χ1v) is 23.6. The van der Waals surface area contributed by atoms with E-state index < -0.39 is 71.8 Å². The fourth-order valence-electron chi connectivity index (χ4n) is 7.79. The van der Waals surface area contributed by atoms with Gasteiger partial charge in [-0.3, -0.25) is 43.9 Å². The van der Waals surface area contributed by atoms with Crippen LogP contribution in [0, 0.1) is 0 Å². The van der Waals surface area contributed by atoms with Gasteiger partial charge in [0.2, 0.25) is 29.5 Å². The number of benzene rings is 2. The molecule has 0 bridgehead atoms. The van der Waals surface area contributed by atoms with E-state index in [1.807, 2.05) is 42.5 Å². The van der Waals surface area contributed by atoms with Gasteiger partial charge in [-0.1, -0.05) is 36.4 Å². The van der Waals surface area contributed by atoms with Crippen LogP contribution in [0.1, 0.15) is 62.5 Å². The lowest BCUT2D eigenvalue weighted by Gasteiger charge is -2.27. The molecule has 0 spiro atoms. The summed E-state index contributed by atoms with van der Waals surface area (Å²) in [5.74, 6) is -5.96. The third kappa shape index (κ3) is 19.2. The predicted molar refractivity (Wildman–Crippen MR) is 279 cm³/mol. The third-order valence-corrected chi connectivity index (χ3v) is 11.5. The lowest BCUT2D eigenvalue weighted by Crippen LogP contribution is -2.59. The zero-order valence-corrected chi connectivity index (χ0v) is 40.5. The molecule has 2 heterocycles. The van der Waals surface area contributed by atoms with Crippen LogP contribution in [0.4, 0.5) is 0 Å². The second kappa shape index (κ2) is 28.9. The van der Waals surface area contributed by atoms with Crippen molar-refractivity contribution in [3.8, 4) is 0 Å². The minimum Gasteiger partial charge on any atom is -0.480 e. The van der Waals surface area contributed by atoms with Crippen LogP contribution in [0.2, 0.25) is 0 Å². The van der Waals surface area contributed by atoms with Crippen LogP contribution in [0.15, 0.2) is 80.9 Å². The number of aromatic amines is 2. The van der Waals surface area contributed by atoms with Gasteiger partial charge >= 0.3 is 5.97 Å². The standard InChI is InChI=1S/C46H70N20O7/c47-29(11-5-17-56-43(48)49)37(67)62-32(14-6-18-57-44(50)51)38(68)63-33(15-7-19-58-45(52)53)39(69)64-34(16-8-20-59-46(54)55)40(70)65-35(21-25-23-60-30-12-3-1-9-27(25)30)41(71)66-36(42(72)73)22-26-24-61-31-13-4-2-10-28(26)31/h1-4,9-10,12-13,23-24,29,32-36,60-61H,5-8,11,14-22,47H2,(H,62,67)(H,63,68)(H,64,69)(H,65,70)(H,66,71)(H,72,73)(H4,48,49,56)(H4,50,51,57)(H4,52,53,58)(H4,54,55,59)/t29-,32-,33-,34-,35-,36-/m0/s1. The maximum absolute atomic E-state index is 14.6. The van der Waals surface area contributed by atoms with E-state index in [9.17, 15) is 33.9 Å². The molecular weight excluding hydrogens is 945 g/mol. The summed E-state index contributed by atoms with van der Waals surface area (Å²) in [4.78, 5) is 106. The molecule has 0 saturated carbocycles. The highest BCUT2D eigenvalue weighted by Crippen LogP contribution is 2.21. The lowest BCUT2D eigenvalue weighted by atomic mass is 10.0. The molecule has 2 aromatic heterocycles. The van der Waals surface area contributed by atoms with E-state index in [2.05, 4.69) is 56.5 Å². The van der Waals surface area contributed by atoms with Crippen molar-refractivity contribution in [1.82, 2.24) is 36.6 Å². The molecule has 0 aliphatic heterocycles. The largest absolute Gasteiger partial charge is 0.480 e. The number of nitrogens with zero attached hydrogens (tertiary/aromatic N) is 4. The molecule has 26 N–H and O–H groups in total. The van der Waals surface area contributed by atoms with Crippen molar-refractivity contribution in [3.63, 3.8) is 0 Å². The summed E-state index contributed by atoms with van der Waals surface area (Å²) in [6.45, 7) is 0.420. The van der Waals surface area contributed by atoms with Crippen LogP contribution in [-0.4, -0.2) is 137 Å². The molecule has 73 heavy (non-hydrogen) atoms. The summed E-state index contributed by atoms with van der Waals surface area (Å²) in [5, 5.41) is 25.3. The van der Waals surface area contributed by atoms with E-state index in [4.69, 9.17) is 51.6 Å². The van der Waals surface area contributed by atoms with Crippen molar-refractivity contribution in [2.24, 2.45) is 71.6 Å². The van der Waals surface area contributed by atoms with E-state index in [1.54, 1.807) is 18.5 Å². The maximum Gasteiger partial charge on any atom is 0.326 e. The van der Waals surface area contributed by atoms with Crippen LogP contribution in [0.3, 0.4) is 0 Å². The quantitative estimate of drug-likeness (QED) is 0.0132. The number of carbonyl (C=O) groups excluding carboxylic acids is 5. The van der Waals surface area contributed by atoms with Gasteiger partial charge in [0.05, 0.1) is 6.04 Å². The highest BCUT2D eigenvalue weighted by molar-refractivity contribution is 5.97. The van der Waals surface area contributed by atoms with Crippen LogP contribution in [-0.2, 0) is 41.6 Å². The first-order chi connectivity index (χ1) is 34.8. The highest BCUT2D eigenvalue weighted by atomic mass is 16.4. The SMILES string of the molecule is NC(N)=NCCC[C@H](NC(=O)[C@H](CCCN=C(N)N)NC(=O)[C@H](CCCN=C(N)N)NC(=O)[C@@H](N)CCCN=C(N)N)C(=O)N[C@@H](Cc1c[nH]c2ccccc12)C(=O)N[C@@H](Cc1c[nH]c2ccccc12)C(=O)O. The summed E-state index contributed by atoms with van der Waals surface area (Å²) in [6, 6.07) is 6.76. The number of carboxylic acids is 1. The summed E-state index contributed by atoms with van der Waals surface area (Å²) < 4.78 is 0. The molecule has 396 valence electrons. The predicted octanol–water partition coefficient (Wildman–Crippen LogP) is -3.52. The van der Waals surface area contributed by atoms with Crippen LogP contribution in [0.5, 0.6) is 0 Å². The number of aliphatic imine (C=N–C) groups is 4. The van der Waals surface area contributed by atoms with E-state index in [0.29, 0.717) is 17.5 Å². The molecular formula is C46H70N20O7. The molecule has 2 aromatic carbocycles. The number of carbonyl (C=O) groups is 6. The first kappa shape index (κ1) is 57.0. The molecule has 27 heteroatoms. The monoisotopic (exact) mass is 1010 g/mol. The van der Waals surface area contributed by atoms with Crippen molar-refractivity contribution in [2.75, 3.05) is 26.2 Å². The third-order valence-electron chi connectivity index (χ3n) is 11.5. The van der Waals surface area contributed by atoms with Crippen LogP contribution < -0.4 is 78.2 Å². The molecule has 27 nitrogen and oxygen atoms in total. The van der Waals surface area contributed by atoms with E-state index in [0.717, 1.165) is 21.8 Å². The Hall–Kier alpha value is -8.62. The van der Waals surface area contributed by atoms with E-state index in [-0.39, 0.29) is 108 Å². The van der Waals surface area contributed by atoms with Gasteiger partial charge in [0, 0.05) is 73.2 Å². The summed E-state index contributed by atoms with van der Waals surface area (Å²) in [7, 11) is 0. The van der Waals surface area contributed by atoms with Crippen molar-refractivity contribution >= 4 is 81.1 Å². The second-order valence-corrected chi connectivity index (χ2v) is 17.2. The zero-order valence-electron chi connectivity index (χ0n) is 40.5. The lowest BCUT2D eigenvalue weighted by molar-refractivity contribution is -0.142. The van der Waals surface area contributed by atoms with Crippen molar-refractivity contribution in [1.29, 1.82) is 0 Å². The number of hydrogen-bond acceptors (Lipinski definition) is 11. The second-order valence-electron chi connectivity index (χ2n) is 17.2. The number of hydrogen-bond donors (Lipinski definition) is 17. The number of amides is 5. The molecule has 4 rings (SSSR count). The zero-order chi connectivity index (χ0) is 53.5. The molecule has 4 aromatic rings. The molecule has 0 unspecified atom stereocenters. The number of para-hydroxylation sites is 2. The van der Waals surface area contributed by atoms with Gasteiger partial charge in [-0.2, -0.15) is 0 Å². The Bertz CT molecular complexity index is 2610. The maximum atomic E-state index is 14.6. The Kier molecular flexibility index (Phi) is 22.6. The minimum atomic E-state index is -1.42. The van der Waals surface area contributed by atoms with Crippen molar-refractivity contribution in [3.05, 3.63) is 72.1 Å². The Balaban J connectivity index is 1.64. The van der Waals surface area contributed by atoms with E-state index in [1.165, 1.54) is 0 Å². The fraction of sp³-hybridized carbons (Fsp3) is 0.435. The highest BCUT2D eigenvalue weighted by Gasteiger charge is 2.33. The number of aromatic nitrogens is 2. The fourth-order valence-corrected chi connectivity index (χ4v) is 7.79. The number of rotatable bonds is 31. The van der Waals surface area contributed by atoms with E-state index >= 15 is 0 Å². The number of nitrogens with two attached hydrogens (primary N) is 9. The van der Waals surface area contributed by atoms with Gasteiger partial charge in [0.15, 0.2) is 23.8 Å². The Morgan fingerprint density at radius 1 is 0.452 bits per heavy atom. The molecule has 6 atom stereocenters. The number of guanidine groups is 4. The minimum absolute atomic E-state index is 0.0115. The van der Waals surface area contributed by atoms with Gasteiger partial charge in [-0.15, -0.1) is 0 Å². The number of nitrogens with one attached hydrogen (secondary N) is 7. The summed E-state index contributed by atoms with van der Waals surface area (Å²) in [6.07, 6.45) is 4.10. The van der Waals surface area contributed by atoms with Gasteiger partial charge in [-0.25, -0.2) is 4.79 Å². The average molecular weight is 1020 g/mol. The number of aliphatic carboxylic acids is 1. The van der Waals surface area contributed by atoms with Gasteiger partial charge in [0.25, 0.3) is 0 Å². The first-order valence-electron chi connectivity index (χ1n) is 23.6. The summed E-state index contributed by atoms with van der Waals surface area (Å²) >= 11 is 0. The Morgan fingerprint density at radius 3 is 1.15 bits per heavy atom. The molecule has 0 aliphatic carbocycles. The molecule has 0 radical (unpaired) electrons. The smallest absolute Gasteiger partial charge is 0.326 e. The molecule has 5 amide bonds. The summed E-state index contributed by atoms with van der Waals surface area (Å²) in [5.41, 5.74) is 52.9. The van der Waals surface area contributed by atoms with Gasteiger partial charge < -0.3 is 93.3 Å². The molecule has 0 aliphatic rings. The average Bonchev–Trinajstić information content (AvgIpc) is 3.95. The van der Waals surface area contributed by atoms with Crippen LogP contribution in [0.25, 0.3) is 21.8 Å². The van der Waals surface area contributed by atoms with Gasteiger partial charge in [0.1, 0.15) is 30.2 Å². The van der Waals surface area contributed by atoms with Crippen LogP contribution >= 0.6 is 0 Å². The number of carboxylic acid groups (broad SMARTS) is 1. The van der Waals surface area contributed by atoms with Crippen molar-refractivity contribution in [2.45, 2.75) is 100 Å². The molecule has 0 fully saturated rings. The Labute approximate surface area is 420 Å². The molecule has 0 saturated heterocycles.